The van der Waals surface area contributed by atoms with Gasteiger partial charge in [0.2, 0.25) is 5.91 Å². The molecule has 0 saturated carbocycles. The second kappa shape index (κ2) is 60.1. The lowest BCUT2D eigenvalue weighted by Gasteiger charge is -2.25. The van der Waals surface area contributed by atoms with Crippen LogP contribution in [-0.2, 0) is 18.4 Å². The first-order chi connectivity index (χ1) is 38.0. The maximum atomic E-state index is 13.0. The van der Waals surface area contributed by atoms with Gasteiger partial charge in [-0.3, -0.25) is 13.8 Å². The molecular formula is C69H134N2O6P+. The SMILES string of the molecule is CCCCCCCCC/C=C/CC/C=C/CC/C=C/C(O)C(COP(=O)(O)OCC[N+](C)(C)C)NC(=O)CCCCCCCCCCCCCCCCCCCCCCCCCCCCC/C=C\CCCCCCCCCC. The van der Waals surface area contributed by atoms with Crippen LogP contribution in [0.3, 0.4) is 0 Å². The summed E-state index contributed by atoms with van der Waals surface area (Å²) >= 11 is 0. The molecule has 0 aromatic carbocycles. The van der Waals surface area contributed by atoms with E-state index in [1.54, 1.807) is 6.08 Å². The van der Waals surface area contributed by atoms with Gasteiger partial charge in [0.05, 0.1) is 39.9 Å². The summed E-state index contributed by atoms with van der Waals surface area (Å²) in [6.07, 6.45) is 81.3. The first-order valence-electron chi connectivity index (χ1n) is 34.0. The molecule has 0 rings (SSSR count). The van der Waals surface area contributed by atoms with Gasteiger partial charge in [-0.25, -0.2) is 4.57 Å². The number of rotatable bonds is 63. The van der Waals surface area contributed by atoms with E-state index in [1.165, 1.54) is 270 Å². The fourth-order valence-electron chi connectivity index (χ4n) is 10.2. The Morgan fingerprint density at radius 1 is 0.423 bits per heavy atom. The lowest BCUT2D eigenvalue weighted by molar-refractivity contribution is -0.870. The van der Waals surface area contributed by atoms with Crippen LogP contribution < -0.4 is 5.32 Å². The Hall–Kier alpha value is -1.54. The molecule has 460 valence electrons. The highest BCUT2D eigenvalue weighted by atomic mass is 31.2. The largest absolute Gasteiger partial charge is 0.472 e. The summed E-state index contributed by atoms with van der Waals surface area (Å²) in [5.41, 5.74) is 0. The van der Waals surface area contributed by atoms with Crippen LogP contribution in [0.25, 0.3) is 0 Å². The predicted molar refractivity (Wildman–Crippen MR) is 341 cm³/mol. The molecule has 0 aliphatic heterocycles. The minimum atomic E-state index is -4.36. The van der Waals surface area contributed by atoms with Gasteiger partial charge in [0, 0.05) is 6.42 Å². The van der Waals surface area contributed by atoms with Crippen LogP contribution in [0.1, 0.15) is 335 Å². The van der Waals surface area contributed by atoms with E-state index in [2.05, 4.69) is 55.6 Å². The van der Waals surface area contributed by atoms with Gasteiger partial charge < -0.3 is 19.8 Å². The minimum absolute atomic E-state index is 0.0545. The predicted octanol–water partition coefficient (Wildman–Crippen LogP) is 21.4. The molecule has 0 aromatic rings. The van der Waals surface area contributed by atoms with Crippen molar-refractivity contribution in [1.29, 1.82) is 0 Å². The molecule has 0 fully saturated rings. The van der Waals surface area contributed by atoms with E-state index in [0.29, 0.717) is 17.4 Å². The van der Waals surface area contributed by atoms with E-state index in [0.717, 1.165) is 44.9 Å². The number of aliphatic hydroxyl groups is 1. The molecule has 0 aliphatic carbocycles. The summed E-state index contributed by atoms with van der Waals surface area (Å²) in [7, 11) is 1.56. The fraction of sp³-hybridized carbons (Fsp3) is 0.870. The molecule has 0 heterocycles. The van der Waals surface area contributed by atoms with Crippen LogP contribution in [0.4, 0.5) is 0 Å². The molecule has 0 aliphatic rings. The van der Waals surface area contributed by atoms with Crippen molar-refractivity contribution in [2.24, 2.45) is 0 Å². The summed E-state index contributed by atoms with van der Waals surface area (Å²) in [5.74, 6) is -0.186. The third-order valence-electron chi connectivity index (χ3n) is 15.5. The number of carbonyl (C=O) groups is 1. The Morgan fingerprint density at radius 3 is 1.03 bits per heavy atom. The molecular weight excluding hydrogens is 984 g/mol. The standard InChI is InChI=1S/C69H133N2O6P/c1-6-8-10-12-14-16-18-20-22-24-25-26-27-28-29-30-31-32-33-34-35-36-37-38-39-40-41-42-43-44-45-47-49-51-53-55-57-59-61-63-69(73)70-67(66-77-78(74,75)76-65-64-71(3,4)5)68(72)62-60-58-56-54-52-50-48-46-23-21-19-17-15-13-11-9-7-2/h23-25,46,52,54,60,62,67-68,72H,6-22,26-45,47-51,53,55-59,61,63-66H2,1-5H3,(H-,70,73,74,75)/p+1/b25-24-,46-23+,54-52+,62-60+. The van der Waals surface area contributed by atoms with E-state index in [1.807, 2.05) is 27.2 Å². The lowest BCUT2D eigenvalue weighted by Crippen LogP contribution is -2.45. The molecule has 78 heavy (non-hydrogen) atoms. The number of carbonyl (C=O) groups excluding carboxylic acids is 1. The highest BCUT2D eigenvalue weighted by molar-refractivity contribution is 7.47. The van der Waals surface area contributed by atoms with Gasteiger partial charge in [-0.1, -0.05) is 306 Å². The number of nitrogens with one attached hydrogen (secondary N) is 1. The van der Waals surface area contributed by atoms with Gasteiger partial charge in [0.1, 0.15) is 13.2 Å². The van der Waals surface area contributed by atoms with Crippen LogP contribution in [0.2, 0.25) is 0 Å². The van der Waals surface area contributed by atoms with Crippen molar-refractivity contribution in [3.05, 3.63) is 48.6 Å². The smallest absolute Gasteiger partial charge is 0.387 e. The number of hydrogen-bond donors (Lipinski definition) is 3. The first-order valence-corrected chi connectivity index (χ1v) is 35.5. The second-order valence-electron chi connectivity index (χ2n) is 24.5. The average molecular weight is 1120 g/mol. The van der Waals surface area contributed by atoms with Crippen LogP contribution >= 0.6 is 7.82 Å². The summed E-state index contributed by atoms with van der Waals surface area (Å²) in [6.45, 7) is 4.81. The average Bonchev–Trinajstić information content (AvgIpc) is 3.41. The molecule has 8 nitrogen and oxygen atoms in total. The van der Waals surface area contributed by atoms with Crippen molar-refractivity contribution in [2.75, 3.05) is 40.9 Å². The Labute approximate surface area is 486 Å². The quantitative estimate of drug-likeness (QED) is 0.0243. The zero-order valence-electron chi connectivity index (χ0n) is 52.7. The molecule has 3 N–H and O–H groups in total. The van der Waals surface area contributed by atoms with Crippen LogP contribution in [0, 0.1) is 0 Å². The summed E-state index contributed by atoms with van der Waals surface area (Å²) in [4.78, 5) is 23.3. The van der Waals surface area contributed by atoms with E-state index in [-0.39, 0.29) is 19.1 Å². The Balaban J connectivity index is 3.93. The van der Waals surface area contributed by atoms with Crippen LogP contribution in [0.5, 0.6) is 0 Å². The number of hydrogen-bond acceptors (Lipinski definition) is 5. The van der Waals surface area contributed by atoms with Crippen LogP contribution in [-0.4, -0.2) is 73.4 Å². The monoisotopic (exact) mass is 1120 g/mol. The zero-order chi connectivity index (χ0) is 57.0. The summed E-state index contributed by atoms with van der Waals surface area (Å²) in [5, 5.41) is 13.9. The molecule has 3 unspecified atom stereocenters. The van der Waals surface area contributed by atoms with Crippen molar-refractivity contribution in [3.8, 4) is 0 Å². The van der Waals surface area contributed by atoms with E-state index in [4.69, 9.17) is 9.05 Å². The first kappa shape index (κ1) is 76.5. The zero-order valence-corrected chi connectivity index (χ0v) is 53.6. The van der Waals surface area contributed by atoms with Crippen molar-refractivity contribution >= 4 is 13.7 Å². The number of phosphoric ester groups is 1. The number of allylic oxidation sites excluding steroid dienone is 7. The summed E-state index contributed by atoms with van der Waals surface area (Å²) < 4.78 is 23.7. The molecule has 0 spiro atoms. The van der Waals surface area contributed by atoms with Crippen molar-refractivity contribution in [1.82, 2.24) is 5.32 Å². The highest BCUT2D eigenvalue weighted by Gasteiger charge is 2.28. The van der Waals surface area contributed by atoms with Crippen LogP contribution in [0.15, 0.2) is 48.6 Å². The molecule has 0 aromatic heterocycles. The van der Waals surface area contributed by atoms with Gasteiger partial charge in [0.25, 0.3) is 0 Å². The number of quaternary nitrogens is 1. The lowest BCUT2D eigenvalue weighted by atomic mass is 10.0. The number of phosphoric acid groups is 1. The van der Waals surface area contributed by atoms with E-state index < -0.39 is 20.0 Å². The van der Waals surface area contributed by atoms with Crippen molar-refractivity contribution < 1.29 is 32.9 Å². The normalized spacial score (nSPS) is 14.0. The third-order valence-corrected chi connectivity index (χ3v) is 16.5. The molecule has 3 atom stereocenters. The number of likely N-dealkylation sites (N-methyl/N-ethyl adjacent to an activating group) is 1. The molecule has 1 amide bonds. The minimum Gasteiger partial charge on any atom is -0.387 e. The molecule has 0 saturated heterocycles. The number of aliphatic hydroxyl groups excluding tert-OH is 1. The molecule has 0 bridgehead atoms. The Bertz CT molecular complexity index is 1410. The topological polar surface area (TPSA) is 105 Å². The third kappa shape index (κ3) is 62.1. The Kier molecular flexibility index (Phi) is 58.9. The van der Waals surface area contributed by atoms with Gasteiger partial charge in [0.15, 0.2) is 0 Å². The number of unbranched alkanes of at least 4 members (excludes halogenated alkanes) is 44. The second-order valence-corrected chi connectivity index (χ2v) is 26.0. The molecule has 9 heteroatoms. The van der Waals surface area contributed by atoms with E-state index >= 15 is 0 Å². The number of amides is 1. The Morgan fingerprint density at radius 2 is 0.705 bits per heavy atom. The van der Waals surface area contributed by atoms with Crippen molar-refractivity contribution in [2.45, 2.75) is 347 Å². The fourth-order valence-corrected chi connectivity index (χ4v) is 10.9. The van der Waals surface area contributed by atoms with Gasteiger partial charge in [-0.15, -0.1) is 0 Å². The van der Waals surface area contributed by atoms with Gasteiger partial charge in [-0.05, 0) is 70.6 Å². The summed E-state index contributed by atoms with van der Waals surface area (Å²) in [6, 6.07) is -0.869. The van der Waals surface area contributed by atoms with Gasteiger partial charge in [-0.2, -0.15) is 0 Å². The van der Waals surface area contributed by atoms with Crippen molar-refractivity contribution in [3.63, 3.8) is 0 Å². The molecule has 0 radical (unpaired) electrons. The van der Waals surface area contributed by atoms with E-state index in [9.17, 15) is 19.4 Å². The highest BCUT2D eigenvalue weighted by Crippen LogP contribution is 2.43. The number of nitrogens with zero attached hydrogens (tertiary/aromatic N) is 1. The maximum absolute atomic E-state index is 13.0. The maximum Gasteiger partial charge on any atom is 0.472 e. The van der Waals surface area contributed by atoms with Gasteiger partial charge >= 0.3 is 7.82 Å².